The summed E-state index contributed by atoms with van der Waals surface area (Å²) < 4.78 is 13.7. The molecule has 0 unspecified atom stereocenters. The van der Waals surface area contributed by atoms with Crippen molar-refractivity contribution >= 4 is 0 Å². The van der Waals surface area contributed by atoms with Crippen LogP contribution in [0.15, 0.2) is 15.8 Å². The van der Waals surface area contributed by atoms with Crippen LogP contribution in [0.4, 0.5) is 4.39 Å². The van der Waals surface area contributed by atoms with Crippen LogP contribution in [0.2, 0.25) is 0 Å². The Morgan fingerprint density at radius 2 is 2.31 bits per heavy atom. The summed E-state index contributed by atoms with van der Waals surface area (Å²) in [7, 11) is 0. The quantitative estimate of drug-likeness (QED) is 0.638. The molecule has 1 N–H and O–H groups in total. The molecule has 0 amide bonds. The average Bonchev–Trinajstić information content (AvgIpc) is 2.09. The summed E-state index contributed by atoms with van der Waals surface area (Å²) in [6, 6.07) is 0. The molecule has 0 aliphatic heterocycles. The van der Waals surface area contributed by atoms with E-state index in [-0.39, 0.29) is 6.54 Å². The van der Waals surface area contributed by atoms with E-state index in [2.05, 4.69) is 5.92 Å². The Balaban J connectivity index is 3.11. The molecule has 0 aliphatic rings. The lowest BCUT2D eigenvalue weighted by Crippen LogP contribution is -2.31. The summed E-state index contributed by atoms with van der Waals surface area (Å²) in [5, 5.41) is 0. The summed E-state index contributed by atoms with van der Waals surface area (Å²) in [5.74, 6) is 1.31. The van der Waals surface area contributed by atoms with Gasteiger partial charge in [0.25, 0.3) is 5.56 Å². The summed E-state index contributed by atoms with van der Waals surface area (Å²) >= 11 is 0. The third-order valence-electron chi connectivity index (χ3n) is 1.46. The number of aryl methyl sites for hydroxylation is 1. The molecule has 0 saturated carbocycles. The van der Waals surface area contributed by atoms with E-state index in [1.807, 2.05) is 4.98 Å². The van der Waals surface area contributed by atoms with Gasteiger partial charge in [-0.2, -0.15) is 4.39 Å². The van der Waals surface area contributed by atoms with E-state index in [1.54, 1.807) is 0 Å². The van der Waals surface area contributed by atoms with Gasteiger partial charge in [0.1, 0.15) is 0 Å². The number of aromatic amines is 1. The fourth-order valence-electron chi connectivity index (χ4n) is 0.834. The molecule has 0 radical (unpaired) electrons. The molecule has 1 aromatic rings. The van der Waals surface area contributed by atoms with Crippen LogP contribution in [0, 0.1) is 18.2 Å². The van der Waals surface area contributed by atoms with Gasteiger partial charge in [-0.1, -0.05) is 0 Å². The van der Waals surface area contributed by atoms with E-state index in [1.165, 1.54) is 0 Å². The fraction of sp³-hybridized carbons (Fsp3) is 0.250. The maximum absolute atomic E-state index is 12.6. The Labute approximate surface area is 73.0 Å². The molecule has 1 aromatic heterocycles. The van der Waals surface area contributed by atoms with Gasteiger partial charge >= 0.3 is 5.69 Å². The van der Waals surface area contributed by atoms with E-state index >= 15 is 0 Å². The minimum atomic E-state index is -1.01. The molecule has 0 aliphatic carbocycles. The molecule has 0 spiro atoms. The maximum atomic E-state index is 12.6. The number of H-pyrrole nitrogens is 1. The first-order chi connectivity index (χ1) is 6.15. The first kappa shape index (κ1) is 9.26. The van der Waals surface area contributed by atoms with E-state index in [9.17, 15) is 14.0 Å². The van der Waals surface area contributed by atoms with Gasteiger partial charge in [-0.25, -0.2) is 4.79 Å². The van der Waals surface area contributed by atoms with Crippen LogP contribution in [0.1, 0.15) is 6.42 Å². The molecule has 1 rings (SSSR count). The minimum absolute atomic E-state index is 0.197. The molecule has 1 heterocycles. The van der Waals surface area contributed by atoms with Gasteiger partial charge in [-0.15, -0.1) is 12.3 Å². The van der Waals surface area contributed by atoms with Gasteiger partial charge in [0.2, 0.25) is 5.82 Å². The van der Waals surface area contributed by atoms with Gasteiger partial charge in [0, 0.05) is 13.0 Å². The molecule has 0 fully saturated rings. The van der Waals surface area contributed by atoms with Crippen LogP contribution in [0.25, 0.3) is 0 Å². The predicted octanol–water partition coefficient (Wildman–Crippen LogP) is -0.301. The lowest BCUT2D eigenvalue weighted by atomic mass is 10.4. The Hall–Kier alpha value is -1.83. The molecule has 5 heteroatoms. The smallest absolute Gasteiger partial charge is 0.297 e. The number of nitrogens with zero attached hydrogens (tertiary/aromatic N) is 1. The largest absolute Gasteiger partial charge is 0.328 e. The van der Waals surface area contributed by atoms with Crippen LogP contribution >= 0.6 is 0 Å². The summed E-state index contributed by atoms with van der Waals surface area (Å²) in [5.41, 5.74) is -1.66. The molecular weight excluding hydrogens is 175 g/mol. The van der Waals surface area contributed by atoms with Gasteiger partial charge in [-0.3, -0.25) is 14.3 Å². The van der Waals surface area contributed by atoms with Gasteiger partial charge < -0.3 is 0 Å². The van der Waals surface area contributed by atoms with E-state index in [0.717, 1.165) is 10.8 Å². The van der Waals surface area contributed by atoms with Crippen molar-refractivity contribution in [2.24, 2.45) is 0 Å². The van der Waals surface area contributed by atoms with Crippen molar-refractivity contribution in [2.45, 2.75) is 13.0 Å². The molecule has 4 nitrogen and oxygen atoms in total. The zero-order chi connectivity index (χ0) is 9.84. The van der Waals surface area contributed by atoms with Crippen LogP contribution in [-0.2, 0) is 6.54 Å². The van der Waals surface area contributed by atoms with Gasteiger partial charge in [0.05, 0.1) is 6.20 Å². The van der Waals surface area contributed by atoms with Crippen molar-refractivity contribution in [3.8, 4) is 12.3 Å². The highest BCUT2D eigenvalue weighted by molar-refractivity contribution is 4.89. The van der Waals surface area contributed by atoms with Crippen molar-refractivity contribution in [3.05, 3.63) is 32.9 Å². The maximum Gasteiger partial charge on any atom is 0.328 e. The normalized spacial score (nSPS) is 9.54. The summed E-state index contributed by atoms with van der Waals surface area (Å²) in [6.45, 7) is 0.197. The molecule has 0 saturated heterocycles. The average molecular weight is 182 g/mol. The Kier molecular flexibility index (Phi) is 2.65. The van der Waals surface area contributed by atoms with Gasteiger partial charge in [-0.05, 0) is 0 Å². The van der Waals surface area contributed by atoms with Crippen LogP contribution < -0.4 is 11.2 Å². The predicted molar refractivity (Wildman–Crippen MR) is 44.7 cm³/mol. The van der Waals surface area contributed by atoms with Crippen LogP contribution in [0.5, 0.6) is 0 Å². The highest BCUT2D eigenvalue weighted by Crippen LogP contribution is 1.86. The fourth-order valence-corrected chi connectivity index (χ4v) is 0.834. The van der Waals surface area contributed by atoms with Crippen molar-refractivity contribution in [3.63, 3.8) is 0 Å². The molecule has 0 atom stereocenters. The summed E-state index contributed by atoms with van der Waals surface area (Å²) in [4.78, 5) is 23.4. The number of rotatable bonds is 2. The number of hydrogen-bond acceptors (Lipinski definition) is 2. The van der Waals surface area contributed by atoms with Gasteiger partial charge in [0.15, 0.2) is 0 Å². The standard InChI is InChI=1S/C8H7FN2O2/c1-2-3-4-11-5-6(9)7(12)10-8(11)13/h1,5H,3-4H2,(H,10,12,13). The highest BCUT2D eigenvalue weighted by Gasteiger charge is 2.01. The second kappa shape index (κ2) is 3.72. The SMILES string of the molecule is C#CCCn1cc(F)c(=O)[nH]c1=O. The number of aromatic nitrogens is 2. The topological polar surface area (TPSA) is 54.9 Å². The third kappa shape index (κ3) is 2.06. The van der Waals surface area contributed by atoms with Crippen molar-refractivity contribution in [1.82, 2.24) is 9.55 Å². The van der Waals surface area contributed by atoms with E-state index in [0.29, 0.717) is 6.42 Å². The van der Waals surface area contributed by atoms with Crippen LogP contribution in [0.3, 0.4) is 0 Å². The molecule has 0 aromatic carbocycles. The number of halogens is 1. The number of nitrogens with one attached hydrogen (secondary N) is 1. The molecule has 13 heavy (non-hydrogen) atoms. The Bertz CT molecular complexity index is 452. The Morgan fingerprint density at radius 3 is 2.92 bits per heavy atom. The van der Waals surface area contributed by atoms with Crippen LogP contribution in [-0.4, -0.2) is 9.55 Å². The van der Waals surface area contributed by atoms with E-state index in [4.69, 9.17) is 6.42 Å². The molecule has 0 bridgehead atoms. The number of hydrogen-bond donors (Lipinski definition) is 1. The first-order valence-corrected chi connectivity index (χ1v) is 3.58. The number of terminal acetylenes is 1. The molecule has 68 valence electrons. The lowest BCUT2D eigenvalue weighted by molar-refractivity contribution is 0.554. The lowest BCUT2D eigenvalue weighted by Gasteiger charge is -2.00. The van der Waals surface area contributed by atoms with E-state index < -0.39 is 17.1 Å². The van der Waals surface area contributed by atoms with Crippen molar-refractivity contribution in [2.75, 3.05) is 0 Å². The minimum Gasteiger partial charge on any atom is -0.297 e. The molecular formula is C8H7FN2O2. The first-order valence-electron chi connectivity index (χ1n) is 3.58. The summed E-state index contributed by atoms with van der Waals surface area (Å²) in [6.07, 6.45) is 6.12. The third-order valence-corrected chi connectivity index (χ3v) is 1.46. The second-order valence-electron chi connectivity index (χ2n) is 2.38. The monoisotopic (exact) mass is 182 g/mol. The zero-order valence-corrected chi connectivity index (χ0v) is 6.71. The van der Waals surface area contributed by atoms with Crippen molar-refractivity contribution < 1.29 is 4.39 Å². The van der Waals surface area contributed by atoms with Crippen molar-refractivity contribution in [1.29, 1.82) is 0 Å². The zero-order valence-electron chi connectivity index (χ0n) is 6.71. The second-order valence-corrected chi connectivity index (χ2v) is 2.38. The highest BCUT2D eigenvalue weighted by atomic mass is 19.1. The Morgan fingerprint density at radius 1 is 1.62 bits per heavy atom.